The molecule has 0 unspecified atom stereocenters. The van der Waals surface area contributed by atoms with E-state index in [2.05, 4.69) is 10.1 Å². The van der Waals surface area contributed by atoms with E-state index in [0.717, 1.165) is 0 Å². The molecule has 0 spiro atoms. The molecular weight excluding hydrogens is 329 g/mol. The van der Waals surface area contributed by atoms with Gasteiger partial charge in [-0.15, -0.1) is 0 Å². The summed E-state index contributed by atoms with van der Waals surface area (Å²) in [6, 6.07) is 8.10. The van der Waals surface area contributed by atoms with Gasteiger partial charge in [0.2, 0.25) is 0 Å². The quantitative estimate of drug-likeness (QED) is 0.304. The monoisotopic (exact) mass is 339 g/mol. The lowest BCUT2D eigenvalue weighted by Gasteiger charge is -2.04. The van der Waals surface area contributed by atoms with Crippen molar-refractivity contribution in [2.75, 3.05) is 7.11 Å². The second-order valence-corrected chi connectivity index (χ2v) is 4.87. The zero-order chi connectivity index (χ0) is 16.1. The summed E-state index contributed by atoms with van der Waals surface area (Å²) in [6.07, 6.45) is 1.32. The maximum Gasteiger partial charge on any atom is 0.368 e. The average molecular weight is 340 g/mol. The van der Waals surface area contributed by atoms with E-state index >= 15 is 0 Å². The van der Waals surface area contributed by atoms with Gasteiger partial charge in [-0.25, -0.2) is 9.78 Å². The molecule has 0 radical (unpaired) electrons. The highest BCUT2D eigenvalue weighted by atomic mass is 35.5. The van der Waals surface area contributed by atoms with E-state index in [1.54, 1.807) is 31.4 Å². The van der Waals surface area contributed by atoms with Gasteiger partial charge in [-0.2, -0.15) is 0 Å². The number of benzene rings is 1. The van der Waals surface area contributed by atoms with Crippen molar-refractivity contribution in [3.63, 3.8) is 0 Å². The molecule has 8 heteroatoms. The first kappa shape index (κ1) is 16.1. The van der Waals surface area contributed by atoms with Crippen molar-refractivity contribution in [1.29, 1.82) is 0 Å². The lowest BCUT2D eigenvalue weighted by atomic mass is 10.2. The summed E-state index contributed by atoms with van der Waals surface area (Å²) >= 11 is 11.5. The first-order chi connectivity index (χ1) is 10.5. The number of hydrogen-bond donors (Lipinski definition) is 1. The Bertz CT molecular complexity index is 718. The van der Waals surface area contributed by atoms with E-state index in [-0.39, 0.29) is 21.6 Å². The van der Waals surface area contributed by atoms with Crippen molar-refractivity contribution >= 4 is 35.0 Å². The molecule has 1 aromatic carbocycles. The highest BCUT2D eigenvalue weighted by Crippen LogP contribution is 2.18. The maximum absolute atomic E-state index is 11.9. The molecule has 114 valence electrons. The van der Waals surface area contributed by atoms with Crippen LogP contribution in [0.1, 0.15) is 15.9 Å². The van der Waals surface area contributed by atoms with Crippen LogP contribution in [0.25, 0.3) is 0 Å². The molecule has 0 aliphatic heterocycles. The van der Waals surface area contributed by atoms with E-state index in [4.69, 9.17) is 38.5 Å². The molecule has 0 aliphatic carbocycles. The summed E-state index contributed by atoms with van der Waals surface area (Å²) in [5.41, 5.74) is 6.31. The molecule has 0 saturated carbocycles. The Morgan fingerprint density at radius 1 is 1.27 bits per heavy atom. The second kappa shape index (κ2) is 7.11. The SMILES string of the molecule is COc1ccc(C(N)=NOC(=O)c2cc(Cl)cnc2Cl)cc1. The van der Waals surface area contributed by atoms with Crippen LogP contribution in [-0.2, 0) is 4.84 Å². The number of carbonyl (C=O) groups is 1. The predicted molar refractivity (Wildman–Crippen MR) is 83.4 cm³/mol. The molecule has 6 nitrogen and oxygen atoms in total. The summed E-state index contributed by atoms with van der Waals surface area (Å²) in [6.45, 7) is 0. The lowest BCUT2D eigenvalue weighted by Crippen LogP contribution is -2.15. The van der Waals surface area contributed by atoms with Crippen LogP contribution in [0.15, 0.2) is 41.7 Å². The van der Waals surface area contributed by atoms with Crippen molar-refractivity contribution in [2.45, 2.75) is 0 Å². The molecule has 0 fully saturated rings. The molecule has 2 rings (SSSR count). The molecule has 0 atom stereocenters. The normalized spacial score (nSPS) is 11.1. The Morgan fingerprint density at radius 2 is 1.95 bits per heavy atom. The van der Waals surface area contributed by atoms with Crippen LogP contribution in [0.2, 0.25) is 10.2 Å². The number of aromatic nitrogens is 1. The van der Waals surface area contributed by atoms with E-state index in [0.29, 0.717) is 11.3 Å². The van der Waals surface area contributed by atoms with Gasteiger partial charge < -0.3 is 15.3 Å². The second-order valence-electron chi connectivity index (χ2n) is 4.08. The standard InChI is InChI=1S/C14H11Cl2N3O3/c1-21-10-4-2-8(3-5-10)13(17)19-22-14(20)11-6-9(15)7-18-12(11)16/h2-7H,1H3,(H2,17,19). The number of carbonyl (C=O) groups excluding carboxylic acids is 1. The van der Waals surface area contributed by atoms with Gasteiger partial charge in [0, 0.05) is 11.8 Å². The topological polar surface area (TPSA) is 86.8 Å². The number of nitrogens with zero attached hydrogens (tertiary/aromatic N) is 2. The smallest absolute Gasteiger partial charge is 0.368 e. The van der Waals surface area contributed by atoms with Crippen LogP contribution in [0.4, 0.5) is 0 Å². The van der Waals surface area contributed by atoms with Crippen LogP contribution in [-0.4, -0.2) is 23.9 Å². The Labute approximate surface area is 136 Å². The molecular formula is C14H11Cl2N3O3. The van der Waals surface area contributed by atoms with E-state index < -0.39 is 5.97 Å². The average Bonchev–Trinajstić information content (AvgIpc) is 2.54. The number of nitrogens with two attached hydrogens (primary N) is 1. The summed E-state index contributed by atoms with van der Waals surface area (Å²) in [4.78, 5) is 20.4. The minimum atomic E-state index is -0.809. The molecule has 0 amide bonds. The molecule has 0 saturated heterocycles. The van der Waals surface area contributed by atoms with Crippen LogP contribution in [0.3, 0.4) is 0 Å². The molecule has 1 aromatic heterocycles. The highest BCUT2D eigenvalue weighted by molar-refractivity contribution is 6.34. The van der Waals surface area contributed by atoms with Gasteiger partial charge >= 0.3 is 5.97 Å². The van der Waals surface area contributed by atoms with Gasteiger partial charge in [0.15, 0.2) is 5.84 Å². The van der Waals surface area contributed by atoms with Gasteiger partial charge in [-0.3, -0.25) is 0 Å². The van der Waals surface area contributed by atoms with Crippen LogP contribution in [0, 0.1) is 0 Å². The Balaban J connectivity index is 2.12. The number of methoxy groups -OCH3 is 1. The van der Waals surface area contributed by atoms with E-state index in [9.17, 15) is 4.79 Å². The minimum Gasteiger partial charge on any atom is -0.497 e. The largest absolute Gasteiger partial charge is 0.497 e. The first-order valence-corrected chi connectivity index (χ1v) is 6.77. The predicted octanol–water partition coefficient (Wildman–Crippen LogP) is 2.87. The van der Waals surface area contributed by atoms with Gasteiger partial charge in [0.05, 0.1) is 12.1 Å². The van der Waals surface area contributed by atoms with Gasteiger partial charge in [0.1, 0.15) is 16.5 Å². The molecule has 2 N–H and O–H groups in total. The van der Waals surface area contributed by atoms with Crippen molar-refractivity contribution in [3.8, 4) is 5.75 Å². The van der Waals surface area contributed by atoms with E-state index in [1.165, 1.54) is 12.3 Å². The number of halogens is 2. The third-order valence-corrected chi connectivity index (χ3v) is 3.15. The van der Waals surface area contributed by atoms with Crippen LogP contribution >= 0.6 is 23.2 Å². The first-order valence-electron chi connectivity index (χ1n) is 6.01. The van der Waals surface area contributed by atoms with E-state index in [1.807, 2.05) is 0 Å². The molecule has 22 heavy (non-hydrogen) atoms. The Morgan fingerprint density at radius 3 is 2.59 bits per heavy atom. The number of rotatable bonds is 4. The molecule has 0 aliphatic rings. The summed E-state index contributed by atoms with van der Waals surface area (Å²) in [5.74, 6) is -0.107. The van der Waals surface area contributed by atoms with Gasteiger partial charge in [-0.05, 0) is 30.3 Å². The van der Waals surface area contributed by atoms with Crippen molar-refractivity contribution in [1.82, 2.24) is 4.98 Å². The molecule has 1 heterocycles. The Hall–Kier alpha value is -2.31. The van der Waals surface area contributed by atoms with Gasteiger partial charge in [0.25, 0.3) is 0 Å². The number of pyridine rings is 1. The van der Waals surface area contributed by atoms with Gasteiger partial charge in [-0.1, -0.05) is 28.4 Å². The van der Waals surface area contributed by atoms with Crippen molar-refractivity contribution in [3.05, 3.63) is 57.8 Å². The molecule has 2 aromatic rings. The zero-order valence-electron chi connectivity index (χ0n) is 11.4. The fraction of sp³-hybridized carbons (Fsp3) is 0.0714. The number of oxime groups is 1. The third-order valence-electron chi connectivity index (χ3n) is 2.64. The number of ether oxygens (including phenoxy) is 1. The van der Waals surface area contributed by atoms with Crippen LogP contribution < -0.4 is 10.5 Å². The summed E-state index contributed by atoms with van der Waals surface area (Å²) in [7, 11) is 1.55. The van der Waals surface area contributed by atoms with Crippen molar-refractivity contribution < 1.29 is 14.4 Å². The zero-order valence-corrected chi connectivity index (χ0v) is 12.9. The fourth-order valence-electron chi connectivity index (χ4n) is 1.52. The minimum absolute atomic E-state index is 0.000414. The molecule has 0 bridgehead atoms. The summed E-state index contributed by atoms with van der Waals surface area (Å²) < 4.78 is 5.03. The number of hydrogen-bond acceptors (Lipinski definition) is 5. The van der Waals surface area contributed by atoms with Crippen molar-refractivity contribution in [2.24, 2.45) is 10.9 Å². The fourth-order valence-corrected chi connectivity index (χ4v) is 1.86. The number of amidine groups is 1. The third kappa shape index (κ3) is 3.87. The maximum atomic E-state index is 11.9. The lowest BCUT2D eigenvalue weighted by molar-refractivity contribution is 0.0516. The highest BCUT2D eigenvalue weighted by Gasteiger charge is 2.14. The van der Waals surface area contributed by atoms with Crippen LogP contribution in [0.5, 0.6) is 5.75 Å². The summed E-state index contributed by atoms with van der Waals surface area (Å²) in [5, 5.41) is 3.79. The Kier molecular flexibility index (Phi) is 5.19.